The van der Waals surface area contributed by atoms with Gasteiger partial charge in [-0.15, -0.1) is 0 Å². The molecule has 6 heteroatoms. The van der Waals surface area contributed by atoms with Gasteiger partial charge in [-0.25, -0.2) is 4.79 Å². The molecule has 0 saturated heterocycles. The normalized spacial score (nSPS) is 11.4. The molecule has 0 unspecified atom stereocenters. The minimum atomic E-state index is -0.438. The standard InChI is InChI=1S/C12H15N3O3/c1-2-17-12(16)9-18-11(8-14-15-13)10-6-4-3-5-7-10/h3-7,11H,2,8-9H2,1H3/t11-/m1/s1. The van der Waals surface area contributed by atoms with Crippen LogP contribution in [0.1, 0.15) is 18.6 Å². The molecule has 1 rings (SSSR count). The largest absolute Gasteiger partial charge is 0.464 e. The first-order valence-electron chi connectivity index (χ1n) is 5.61. The molecule has 0 heterocycles. The van der Waals surface area contributed by atoms with Crippen LogP contribution in [0.3, 0.4) is 0 Å². The van der Waals surface area contributed by atoms with Gasteiger partial charge in [0.05, 0.1) is 19.3 Å². The van der Waals surface area contributed by atoms with Gasteiger partial charge in [0.25, 0.3) is 0 Å². The Bertz CT molecular complexity index is 416. The first kappa shape index (κ1) is 14.0. The van der Waals surface area contributed by atoms with Crippen LogP contribution in [0.25, 0.3) is 10.4 Å². The summed E-state index contributed by atoms with van der Waals surface area (Å²) in [6.07, 6.45) is -0.438. The molecule has 0 saturated carbocycles. The molecule has 6 nitrogen and oxygen atoms in total. The molecular formula is C12H15N3O3. The molecule has 0 spiro atoms. The van der Waals surface area contributed by atoms with Crippen molar-refractivity contribution in [2.75, 3.05) is 19.8 Å². The van der Waals surface area contributed by atoms with Gasteiger partial charge in [-0.05, 0) is 18.0 Å². The molecule has 1 aromatic rings. The highest BCUT2D eigenvalue weighted by atomic mass is 16.6. The molecule has 18 heavy (non-hydrogen) atoms. The van der Waals surface area contributed by atoms with E-state index in [1.165, 1.54) is 0 Å². The molecule has 1 atom stereocenters. The van der Waals surface area contributed by atoms with Crippen molar-refractivity contribution in [3.63, 3.8) is 0 Å². The lowest BCUT2D eigenvalue weighted by molar-refractivity contribution is -0.150. The van der Waals surface area contributed by atoms with Crippen LogP contribution < -0.4 is 0 Å². The van der Waals surface area contributed by atoms with Gasteiger partial charge < -0.3 is 9.47 Å². The van der Waals surface area contributed by atoms with Crippen molar-refractivity contribution in [1.29, 1.82) is 0 Å². The zero-order chi connectivity index (χ0) is 13.2. The fourth-order valence-corrected chi connectivity index (χ4v) is 1.40. The van der Waals surface area contributed by atoms with E-state index in [0.29, 0.717) is 6.61 Å². The predicted molar refractivity (Wildman–Crippen MR) is 65.8 cm³/mol. The Hall–Kier alpha value is -2.04. The van der Waals surface area contributed by atoms with Crippen LogP contribution in [0.5, 0.6) is 0 Å². The molecule has 0 aliphatic heterocycles. The van der Waals surface area contributed by atoms with E-state index >= 15 is 0 Å². The molecule has 0 aliphatic rings. The van der Waals surface area contributed by atoms with E-state index in [1.54, 1.807) is 6.92 Å². The number of azide groups is 1. The Morgan fingerprint density at radius 3 is 2.78 bits per heavy atom. The average molecular weight is 249 g/mol. The zero-order valence-electron chi connectivity index (χ0n) is 10.2. The average Bonchev–Trinajstić information content (AvgIpc) is 2.40. The summed E-state index contributed by atoms with van der Waals surface area (Å²) < 4.78 is 10.2. The molecule has 0 radical (unpaired) electrons. The van der Waals surface area contributed by atoms with Crippen LogP contribution in [0.15, 0.2) is 35.4 Å². The van der Waals surface area contributed by atoms with Crippen molar-refractivity contribution in [3.8, 4) is 0 Å². The van der Waals surface area contributed by atoms with Crippen LogP contribution in [0, 0.1) is 0 Å². The number of carbonyl (C=O) groups excluding carboxylic acids is 1. The summed E-state index contributed by atoms with van der Waals surface area (Å²) in [7, 11) is 0. The molecule has 0 aliphatic carbocycles. The smallest absolute Gasteiger partial charge is 0.332 e. The van der Waals surface area contributed by atoms with Crippen molar-refractivity contribution in [2.45, 2.75) is 13.0 Å². The SMILES string of the molecule is CCOC(=O)CO[C@H](CN=[N+]=[N-])c1ccccc1. The molecular weight excluding hydrogens is 234 g/mol. The molecule has 0 fully saturated rings. The van der Waals surface area contributed by atoms with Crippen molar-refractivity contribution >= 4 is 5.97 Å². The van der Waals surface area contributed by atoms with E-state index in [9.17, 15) is 4.79 Å². The Kier molecular flexibility index (Phi) is 6.32. The predicted octanol–water partition coefficient (Wildman–Crippen LogP) is 2.62. The van der Waals surface area contributed by atoms with Crippen LogP contribution in [0.4, 0.5) is 0 Å². The van der Waals surface area contributed by atoms with Gasteiger partial charge in [0.15, 0.2) is 0 Å². The monoisotopic (exact) mass is 249 g/mol. The number of hydrogen-bond donors (Lipinski definition) is 0. The van der Waals surface area contributed by atoms with E-state index in [0.717, 1.165) is 5.56 Å². The third-order valence-corrected chi connectivity index (χ3v) is 2.19. The number of rotatable bonds is 7. The van der Waals surface area contributed by atoms with Crippen molar-refractivity contribution in [3.05, 3.63) is 46.3 Å². The minimum absolute atomic E-state index is 0.139. The lowest BCUT2D eigenvalue weighted by atomic mass is 10.1. The highest BCUT2D eigenvalue weighted by molar-refractivity contribution is 5.70. The van der Waals surface area contributed by atoms with Gasteiger partial charge in [-0.2, -0.15) is 0 Å². The second-order valence-electron chi connectivity index (χ2n) is 3.43. The van der Waals surface area contributed by atoms with E-state index in [2.05, 4.69) is 10.0 Å². The zero-order valence-corrected chi connectivity index (χ0v) is 10.2. The number of benzene rings is 1. The Morgan fingerprint density at radius 1 is 1.44 bits per heavy atom. The van der Waals surface area contributed by atoms with E-state index in [1.807, 2.05) is 30.3 Å². The van der Waals surface area contributed by atoms with E-state index in [4.69, 9.17) is 15.0 Å². The number of nitrogens with zero attached hydrogens (tertiary/aromatic N) is 3. The van der Waals surface area contributed by atoms with E-state index < -0.39 is 12.1 Å². The summed E-state index contributed by atoms with van der Waals surface area (Å²) in [5.41, 5.74) is 9.19. The van der Waals surface area contributed by atoms with Gasteiger partial charge in [0.1, 0.15) is 6.61 Å². The molecule has 0 bridgehead atoms. The van der Waals surface area contributed by atoms with Gasteiger partial charge >= 0.3 is 5.97 Å². The van der Waals surface area contributed by atoms with Crippen LogP contribution in [-0.2, 0) is 14.3 Å². The van der Waals surface area contributed by atoms with Crippen LogP contribution >= 0.6 is 0 Å². The van der Waals surface area contributed by atoms with Gasteiger partial charge in [-0.1, -0.05) is 35.4 Å². The highest BCUT2D eigenvalue weighted by Crippen LogP contribution is 2.17. The summed E-state index contributed by atoms with van der Waals surface area (Å²) in [6.45, 7) is 2.02. The summed E-state index contributed by atoms with van der Waals surface area (Å²) in [6, 6.07) is 9.28. The quantitative estimate of drug-likeness (QED) is 0.322. The number of carbonyl (C=O) groups is 1. The maximum Gasteiger partial charge on any atom is 0.332 e. The Labute approximate surface area is 105 Å². The molecule has 96 valence electrons. The maximum atomic E-state index is 11.2. The van der Waals surface area contributed by atoms with Crippen LogP contribution in [-0.4, -0.2) is 25.7 Å². The first-order chi connectivity index (χ1) is 8.77. The fourth-order valence-electron chi connectivity index (χ4n) is 1.40. The van der Waals surface area contributed by atoms with E-state index in [-0.39, 0.29) is 13.2 Å². The molecule has 0 amide bonds. The lowest BCUT2D eigenvalue weighted by Gasteiger charge is -2.15. The summed E-state index contributed by atoms with van der Waals surface area (Å²) in [5, 5.41) is 3.48. The van der Waals surface area contributed by atoms with Gasteiger partial charge in [-0.3, -0.25) is 0 Å². The molecule has 0 N–H and O–H groups in total. The second-order valence-corrected chi connectivity index (χ2v) is 3.43. The van der Waals surface area contributed by atoms with Crippen molar-refractivity contribution in [1.82, 2.24) is 0 Å². The number of esters is 1. The number of ether oxygens (including phenoxy) is 2. The third-order valence-electron chi connectivity index (χ3n) is 2.19. The lowest BCUT2D eigenvalue weighted by Crippen LogP contribution is -2.17. The first-order valence-corrected chi connectivity index (χ1v) is 5.61. The second kappa shape index (κ2) is 8.11. The Balaban J connectivity index is 2.62. The molecule has 0 aromatic heterocycles. The maximum absolute atomic E-state index is 11.2. The van der Waals surface area contributed by atoms with Gasteiger partial charge in [0.2, 0.25) is 0 Å². The molecule has 1 aromatic carbocycles. The van der Waals surface area contributed by atoms with Crippen molar-refractivity contribution in [2.24, 2.45) is 5.11 Å². The van der Waals surface area contributed by atoms with Crippen LogP contribution in [0.2, 0.25) is 0 Å². The van der Waals surface area contributed by atoms with Gasteiger partial charge in [0, 0.05) is 4.91 Å². The minimum Gasteiger partial charge on any atom is -0.464 e. The topological polar surface area (TPSA) is 84.3 Å². The highest BCUT2D eigenvalue weighted by Gasteiger charge is 2.13. The summed E-state index contributed by atoms with van der Waals surface area (Å²) >= 11 is 0. The summed E-state index contributed by atoms with van der Waals surface area (Å²) in [4.78, 5) is 13.9. The fraction of sp³-hybridized carbons (Fsp3) is 0.417. The summed E-state index contributed by atoms with van der Waals surface area (Å²) in [5.74, 6) is -0.431. The number of hydrogen-bond acceptors (Lipinski definition) is 4. The Morgan fingerprint density at radius 2 is 2.17 bits per heavy atom. The van der Waals surface area contributed by atoms with Crippen molar-refractivity contribution < 1.29 is 14.3 Å². The third kappa shape index (κ3) is 4.86.